The standard InChI is InChI=1S/C11H10FNO2/c1-2-3-7-13-10-8(11(14)15)5-4-6-9(10)12/h1,4-6,13H,3,7H2,(H,14,15). The molecule has 1 aromatic carbocycles. The molecule has 2 N–H and O–H groups in total. The highest BCUT2D eigenvalue weighted by atomic mass is 19.1. The van der Waals surface area contributed by atoms with E-state index < -0.39 is 11.8 Å². The van der Waals surface area contributed by atoms with Crippen LogP contribution in [0.3, 0.4) is 0 Å². The van der Waals surface area contributed by atoms with Gasteiger partial charge in [-0.05, 0) is 12.1 Å². The molecule has 1 aromatic rings. The topological polar surface area (TPSA) is 49.3 Å². The SMILES string of the molecule is C#CCCNc1c(F)cccc1C(=O)O. The van der Waals surface area contributed by atoms with Gasteiger partial charge in [0.15, 0.2) is 0 Å². The van der Waals surface area contributed by atoms with Crippen LogP contribution < -0.4 is 5.32 Å². The first-order valence-electron chi connectivity index (χ1n) is 4.36. The molecule has 0 heterocycles. The third-order valence-corrected chi connectivity index (χ3v) is 1.82. The fraction of sp³-hybridized carbons (Fsp3) is 0.182. The summed E-state index contributed by atoms with van der Waals surface area (Å²) in [5.74, 6) is 0.614. The Balaban J connectivity index is 2.93. The van der Waals surface area contributed by atoms with Crippen molar-refractivity contribution in [2.24, 2.45) is 0 Å². The van der Waals surface area contributed by atoms with Crippen LogP contribution in [-0.4, -0.2) is 17.6 Å². The molecule has 0 saturated carbocycles. The van der Waals surface area contributed by atoms with Crippen LogP contribution in [0.15, 0.2) is 18.2 Å². The van der Waals surface area contributed by atoms with Crippen molar-refractivity contribution >= 4 is 11.7 Å². The van der Waals surface area contributed by atoms with Gasteiger partial charge in [0.1, 0.15) is 5.82 Å². The number of halogens is 1. The lowest BCUT2D eigenvalue weighted by atomic mass is 10.1. The highest BCUT2D eigenvalue weighted by Crippen LogP contribution is 2.19. The van der Waals surface area contributed by atoms with E-state index in [1.165, 1.54) is 18.2 Å². The maximum absolute atomic E-state index is 13.3. The van der Waals surface area contributed by atoms with Crippen LogP contribution in [0.25, 0.3) is 0 Å². The van der Waals surface area contributed by atoms with Gasteiger partial charge in [-0.1, -0.05) is 6.07 Å². The van der Waals surface area contributed by atoms with E-state index >= 15 is 0 Å². The van der Waals surface area contributed by atoms with E-state index in [1.54, 1.807) is 0 Å². The number of nitrogens with one attached hydrogen (secondary N) is 1. The summed E-state index contributed by atoms with van der Waals surface area (Å²) in [7, 11) is 0. The average molecular weight is 207 g/mol. The highest BCUT2D eigenvalue weighted by molar-refractivity contribution is 5.94. The zero-order chi connectivity index (χ0) is 11.3. The molecule has 0 bridgehead atoms. The van der Waals surface area contributed by atoms with Gasteiger partial charge in [0.25, 0.3) is 0 Å². The molecule has 4 heteroatoms. The van der Waals surface area contributed by atoms with E-state index in [2.05, 4.69) is 11.2 Å². The van der Waals surface area contributed by atoms with E-state index in [-0.39, 0.29) is 11.3 Å². The smallest absolute Gasteiger partial charge is 0.337 e. The van der Waals surface area contributed by atoms with Crippen LogP contribution in [0.5, 0.6) is 0 Å². The molecule has 0 fully saturated rings. The molecule has 0 aliphatic rings. The molecule has 78 valence electrons. The number of carboxylic acids is 1. The molecule has 0 unspecified atom stereocenters. The zero-order valence-electron chi connectivity index (χ0n) is 7.96. The summed E-state index contributed by atoms with van der Waals surface area (Å²) < 4.78 is 13.3. The number of terminal acetylenes is 1. The number of benzene rings is 1. The normalized spacial score (nSPS) is 9.33. The fourth-order valence-corrected chi connectivity index (χ4v) is 1.14. The first-order valence-corrected chi connectivity index (χ1v) is 4.36. The quantitative estimate of drug-likeness (QED) is 0.586. The average Bonchev–Trinajstić information content (AvgIpc) is 2.20. The predicted molar refractivity (Wildman–Crippen MR) is 55.3 cm³/mol. The molecule has 0 amide bonds. The molecular weight excluding hydrogens is 197 g/mol. The van der Waals surface area contributed by atoms with Crippen molar-refractivity contribution in [3.63, 3.8) is 0 Å². The first kappa shape index (κ1) is 11.1. The number of anilines is 1. The van der Waals surface area contributed by atoms with Crippen molar-refractivity contribution in [3.05, 3.63) is 29.6 Å². The lowest BCUT2D eigenvalue weighted by Crippen LogP contribution is -2.09. The van der Waals surface area contributed by atoms with Gasteiger partial charge in [-0.2, -0.15) is 0 Å². The second-order valence-corrected chi connectivity index (χ2v) is 2.85. The Kier molecular flexibility index (Phi) is 3.69. The number of hydrogen-bond donors (Lipinski definition) is 2. The maximum atomic E-state index is 13.3. The Morgan fingerprint density at radius 1 is 1.60 bits per heavy atom. The van der Waals surface area contributed by atoms with Crippen molar-refractivity contribution in [1.82, 2.24) is 0 Å². The van der Waals surface area contributed by atoms with E-state index in [1.807, 2.05) is 0 Å². The summed E-state index contributed by atoms with van der Waals surface area (Å²) >= 11 is 0. The van der Waals surface area contributed by atoms with Crippen molar-refractivity contribution in [1.29, 1.82) is 0 Å². The van der Waals surface area contributed by atoms with Gasteiger partial charge in [0.2, 0.25) is 0 Å². The minimum atomic E-state index is -1.17. The lowest BCUT2D eigenvalue weighted by Gasteiger charge is -2.08. The summed E-state index contributed by atoms with van der Waals surface area (Å²) in [5.41, 5.74) is -0.104. The van der Waals surface area contributed by atoms with Gasteiger partial charge < -0.3 is 10.4 Å². The third kappa shape index (κ3) is 2.71. The number of hydrogen-bond acceptors (Lipinski definition) is 2. The van der Waals surface area contributed by atoms with E-state index in [9.17, 15) is 9.18 Å². The molecule has 0 saturated heterocycles. The number of carbonyl (C=O) groups is 1. The third-order valence-electron chi connectivity index (χ3n) is 1.82. The van der Waals surface area contributed by atoms with Gasteiger partial charge in [0, 0.05) is 13.0 Å². The molecule has 0 aliphatic heterocycles. The van der Waals surface area contributed by atoms with Gasteiger partial charge >= 0.3 is 5.97 Å². The number of aromatic carboxylic acids is 1. The Bertz CT molecular complexity index is 410. The number of carboxylic acid groups (broad SMARTS) is 1. The predicted octanol–water partition coefficient (Wildman–Crippen LogP) is 1.96. The molecule has 0 atom stereocenters. The summed E-state index contributed by atoms with van der Waals surface area (Å²) in [6.07, 6.45) is 5.44. The Hall–Kier alpha value is -2.02. The van der Waals surface area contributed by atoms with Crippen molar-refractivity contribution in [2.75, 3.05) is 11.9 Å². The largest absolute Gasteiger partial charge is 0.478 e. The second kappa shape index (κ2) is 5.01. The monoisotopic (exact) mass is 207 g/mol. The Morgan fingerprint density at radius 3 is 2.93 bits per heavy atom. The summed E-state index contributed by atoms with van der Waals surface area (Å²) in [4.78, 5) is 10.8. The molecule has 0 spiro atoms. The van der Waals surface area contributed by atoms with Crippen LogP contribution >= 0.6 is 0 Å². The Labute approximate surface area is 86.9 Å². The molecule has 15 heavy (non-hydrogen) atoms. The molecule has 0 aromatic heterocycles. The summed E-state index contributed by atoms with van der Waals surface area (Å²) in [6.45, 7) is 0.345. The number of rotatable bonds is 4. The number of para-hydroxylation sites is 1. The maximum Gasteiger partial charge on any atom is 0.337 e. The van der Waals surface area contributed by atoms with Gasteiger partial charge in [-0.25, -0.2) is 9.18 Å². The molecule has 0 radical (unpaired) electrons. The van der Waals surface area contributed by atoms with Gasteiger partial charge in [-0.15, -0.1) is 12.3 Å². The van der Waals surface area contributed by atoms with Crippen LogP contribution in [-0.2, 0) is 0 Å². The van der Waals surface area contributed by atoms with Crippen molar-refractivity contribution < 1.29 is 14.3 Å². The zero-order valence-corrected chi connectivity index (χ0v) is 7.96. The molecule has 0 aliphatic carbocycles. The van der Waals surface area contributed by atoms with Crippen LogP contribution in [0.4, 0.5) is 10.1 Å². The molecule has 3 nitrogen and oxygen atoms in total. The van der Waals surface area contributed by atoms with Gasteiger partial charge in [0.05, 0.1) is 11.3 Å². The fourth-order valence-electron chi connectivity index (χ4n) is 1.14. The van der Waals surface area contributed by atoms with Crippen LogP contribution in [0.2, 0.25) is 0 Å². The van der Waals surface area contributed by atoms with E-state index in [0.717, 1.165) is 0 Å². The molecular formula is C11H10FNO2. The highest BCUT2D eigenvalue weighted by Gasteiger charge is 2.12. The second-order valence-electron chi connectivity index (χ2n) is 2.85. The Morgan fingerprint density at radius 2 is 2.33 bits per heavy atom. The van der Waals surface area contributed by atoms with E-state index in [4.69, 9.17) is 11.5 Å². The minimum absolute atomic E-state index is 0.0137. The minimum Gasteiger partial charge on any atom is -0.478 e. The van der Waals surface area contributed by atoms with Crippen LogP contribution in [0.1, 0.15) is 16.8 Å². The summed E-state index contributed by atoms with van der Waals surface area (Å²) in [5, 5.41) is 11.5. The molecule has 1 rings (SSSR count). The van der Waals surface area contributed by atoms with Gasteiger partial charge in [-0.3, -0.25) is 0 Å². The van der Waals surface area contributed by atoms with Crippen LogP contribution in [0, 0.1) is 18.2 Å². The first-order chi connectivity index (χ1) is 7.16. The lowest BCUT2D eigenvalue weighted by molar-refractivity contribution is 0.0697. The van der Waals surface area contributed by atoms with Crippen molar-refractivity contribution in [2.45, 2.75) is 6.42 Å². The summed E-state index contributed by atoms with van der Waals surface area (Å²) in [6, 6.07) is 3.89. The van der Waals surface area contributed by atoms with Crippen molar-refractivity contribution in [3.8, 4) is 12.3 Å². The van der Waals surface area contributed by atoms with E-state index in [0.29, 0.717) is 13.0 Å².